The number of benzene rings is 1. The fourth-order valence-corrected chi connectivity index (χ4v) is 3.44. The first-order valence-electron chi connectivity index (χ1n) is 7.04. The number of rotatable bonds is 5. The number of halogens is 1. The molecule has 0 saturated carbocycles. The van der Waals surface area contributed by atoms with E-state index in [4.69, 9.17) is 11.6 Å². The number of likely N-dealkylation sites (N-methyl/N-ethyl adjacent to an activating group) is 1. The molecule has 22 heavy (non-hydrogen) atoms. The van der Waals surface area contributed by atoms with Gasteiger partial charge >= 0.3 is 0 Å². The average molecular weight is 333 g/mol. The predicted molar refractivity (Wildman–Crippen MR) is 94.9 cm³/mol. The van der Waals surface area contributed by atoms with Crippen molar-refractivity contribution in [2.24, 2.45) is 0 Å². The third-order valence-electron chi connectivity index (χ3n) is 3.34. The topological polar surface area (TPSA) is 41.0 Å². The monoisotopic (exact) mass is 332 g/mol. The molecule has 3 aromatic rings. The fraction of sp³-hybridized carbons (Fsp3) is 0.250. The highest BCUT2D eigenvalue weighted by Crippen LogP contribution is 2.37. The van der Waals surface area contributed by atoms with Crippen LogP contribution < -0.4 is 5.32 Å². The molecule has 0 saturated heterocycles. The molecule has 2 heterocycles. The van der Waals surface area contributed by atoms with E-state index in [1.807, 2.05) is 32.3 Å². The van der Waals surface area contributed by atoms with E-state index < -0.39 is 0 Å². The molecule has 0 aliphatic heterocycles. The molecule has 0 spiro atoms. The van der Waals surface area contributed by atoms with Crippen LogP contribution in [0.4, 0.5) is 5.82 Å². The predicted octanol–water partition coefficient (Wildman–Crippen LogP) is 3.99. The van der Waals surface area contributed by atoms with Gasteiger partial charge in [0.1, 0.15) is 10.6 Å². The first-order valence-corrected chi connectivity index (χ1v) is 8.29. The lowest BCUT2D eigenvalue weighted by atomic mass is 10.1. The van der Waals surface area contributed by atoms with Crippen LogP contribution >= 0.6 is 22.9 Å². The summed E-state index contributed by atoms with van der Waals surface area (Å²) < 4.78 is 0. The minimum atomic E-state index is 0.279. The molecular weight excluding hydrogens is 316 g/mol. The maximum Gasteiger partial charge on any atom is 0.225 e. The molecule has 114 valence electrons. The quantitative estimate of drug-likeness (QED) is 0.717. The Labute approximate surface area is 138 Å². The van der Waals surface area contributed by atoms with Crippen molar-refractivity contribution in [3.05, 3.63) is 41.0 Å². The van der Waals surface area contributed by atoms with Crippen LogP contribution in [-0.4, -0.2) is 42.1 Å². The lowest BCUT2D eigenvalue weighted by Crippen LogP contribution is -2.21. The Balaban J connectivity index is 2.04. The summed E-state index contributed by atoms with van der Waals surface area (Å²) in [4.78, 5) is 11.8. The molecule has 0 aliphatic rings. The number of nitrogens with one attached hydrogen (secondary N) is 1. The van der Waals surface area contributed by atoms with Crippen LogP contribution in [0.3, 0.4) is 0 Å². The van der Waals surface area contributed by atoms with Gasteiger partial charge < -0.3 is 10.2 Å². The maximum atomic E-state index is 6.05. The van der Waals surface area contributed by atoms with Gasteiger partial charge in [0.15, 0.2) is 0 Å². The molecule has 0 unspecified atom stereocenters. The van der Waals surface area contributed by atoms with Crippen LogP contribution in [0.5, 0.6) is 0 Å². The van der Waals surface area contributed by atoms with E-state index in [-0.39, 0.29) is 5.28 Å². The molecule has 1 N–H and O–H groups in total. The van der Waals surface area contributed by atoms with Crippen LogP contribution in [0, 0.1) is 0 Å². The lowest BCUT2D eigenvalue weighted by Gasteiger charge is -2.12. The molecule has 0 radical (unpaired) electrons. The van der Waals surface area contributed by atoms with Crippen LogP contribution in [-0.2, 0) is 0 Å². The van der Waals surface area contributed by atoms with Crippen LogP contribution in [0.25, 0.3) is 21.3 Å². The number of fused-ring (bicyclic) bond motifs is 1. The molecular formula is C16H17ClN4S. The molecule has 2 aromatic heterocycles. The van der Waals surface area contributed by atoms with E-state index in [1.54, 1.807) is 11.3 Å². The normalized spacial score (nSPS) is 11.3. The van der Waals surface area contributed by atoms with Gasteiger partial charge in [-0.1, -0.05) is 30.3 Å². The smallest absolute Gasteiger partial charge is 0.225 e. The molecule has 6 heteroatoms. The van der Waals surface area contributed by atoms with Crippen molar-refractivity contribution >= 4 is 39.0 Å². The lowest BCUT2D eigenvalue weighted by molar-refractivity contribution is 0.425. The van der Waals surface area contributed by atoms with Gasteiger partial charge in [-0.3, -0.25) is 0 Å². The zero-order chi connectivity index (χ0) is 15.5. The Bertz CT molecular complexity index is 770. The Morgan fingerprint density at radius 1 is 1.18 bits per heavy atom. The number of hydrogen-bond donors (Lipinski definition) is 1. The van der Waals surface area contributed by atoms with Gasteiger partial charge in [0.2, 0.25) is 5.28 Å². The number of anilines is 1. The van der Waals surface area contributed by atoms with Gasteiger partial charge in [-0.2, -0.15) is 0 Å². The number of nitrogens with zero attached hydrogens (tertiary/aromatic N) is 3. The van der Waals surface area contributed by atoms with Gasteiger partial charge in [-0.25, -0.2) is 9.97 Å². The second-order valence-corrected chi connectivity index (χ2v) is 6.46. The van der Waals surface area contributed by atoms with Gasteiger partial charge in [0, 0.05) is 24.0 Å². The van der Waals surface area contributed by atoms with Crippen molar-refractivity contribution in [2.75, 3.05) is 32.5 Å². The van der Waals surface area contributed by atoms with Crippen LogP contribution in [0.1, 0.15) is 0 Å². The van der Waals surface area contributed by atoms with E-state index in [9.17, 15) is 0 Å². The Morgan fingerprint density at radius 2 is 1.95 bits per heavy atom. The van der Waals surface area contributed by atoms with E-state index in [0.717, 1.165) is 40.3 Å². The van der Waals surface area contributed by atoms with Crippen molar-refractivity contribution in [2.45, 2.75) is 0 Å². The SMILES string of the molecule is CN(C)CCNc1nc(Cl)nc2scc(-c3ccccc3)c12. The average Bonchev–Trinajstić information content (AvgIpc) is 2.91. The molecule has 1 aromatic carbocycles. The Hall–Kier alpha value is -1.69. The summed E-state index contributed by atoms with van der Waals surface area (Å²) in [5.74, 6) is 0.803. The molecule has 0 fully saturated rings. The second kappa shape index (κ2) is 6.60. The summed E-state index contributed by atoms with van der Waals surface area (Å²) in [6, 6.07) is 10.3. The van der Waals surface area contributed by atoms with E-state index >= 15 is 0 Å². The van der Waals surface area contributed by atoms with Gasteiger partial charge in [-0.15, -0.1) is 11.3 Å². The van der Waals surface area contributed by atoms with E-state index in [0.29, 0.717) is 0 Å². The minimum Gasteiger partial charge on any atom is -0.368 e. The minimum absolute atomic E-state index is 0.279. The van der Waals surface area contributed by atoms with Crippen LogP contribution in [0.15, 0.2) is 35.7 Å². The van der Waals surface area contributed by atoms with E-state index in [1.165, 1.54) is 0 Å². The third kappa shape index (κ3) is 3.21. The zero-order valence-electron chi connectivity index (χ0n) is 12.5. The van der Waals surface area contributed by atoms with Crippen molar-refractivity contribution in [3.8, 4) is 11.1 Å². The van der Waals surface area contributed by atoms with Gasteiger partial charge in [-0.05, 0) is 31.3 Å². The highest BCUT2D eigenvalue weighted by molar-refractivity contribution is 7.17. The summed E-state index contributed by atoms with van der Waals surface area (Å²) >= 11 is 7.65. The van der Waals surface area contributed by atoms with E-state index in [2.05, 4.69) is 37.7 Å². The van der Waals surface area contributed by atoms with Crippen molar-refractivity contribution in [1.82, 2.24) is 14.9 Å². The molecule has 3 rings (SSSR count). The zero-order valence-corrected chi connectivity index (χ0v) is 14.1. The van der Waals surface area contributed by atoms with Gasteiger partial charge in [0.25, 0.3) is 0 Å². The molecule has 4 nitrogen and oxygen atoms in total. The molecule has 0 atom stereocenters. The summed E-state index contributed by atoms with van der Waals surface area (Å²) in [5.41, 5.74) is 2.31. The van der Waals surface area contributed by atoms with Crippen molar-refractivity contribution < 1.29 is 0 Å². The highest BCUT2D eigenvalue weighted by Gasteiger charge is 2.14. The summed E-state index contributed by atoms with van der Waals surface area (Å²) in [6.45, 7) is 1.73. The molecule has 0 amide bonds. The number of thiophene rings is 1. The van der Waals surface area contributed by atoms with Crippen molar-refractivity contribution in [1.29, 1.82) is 0 Å². The summed E-state index contributed by atoms with van der Waals surface area (Å²) in [6.07, 6.45) is 0. The summed E-state index contributed by atoms with van der Waals surface area (Å²) in [7, 11) is 4.09. The number of hydrogen-bond acceptors (Lipinski definition) is 5. The van der Waals surface area contributed by atoms with Gasteiger partial charge in [0.05, 0.1) is 5.39 Å². The molecule has 0 bridgehead atoms. The largest absolute Gasteiger partial charge is 0.368 e. The Morgan fingerprint density at radius 3 is 2.68 bits per heavy atom. The number of aromatic nitrogens is 2. The van der Waals surface area contributed by atoms with Crippen molar-refractivity contribution in [3.63, 3.8) is 0 Å². The standard InChI is InChI=1S/C16H17ClN4S/c1-21(2)9-8-18-14-13-12(11-6-4-3-5-7-11)10-22-15(13)20-16(17)19-14/h3-7,10H,8-9H2,1-2H3,(H,18,19,20). The highest BCUT2D eigenvalue weighted by atomic mass is 35.5. The fourth-order valence-electron chi connectivity index (χ4n) is 2.27. The summed E-state index contributed by atoms with van der Waals surface area (Å²) in [5, 5.41) is 6.82. The Kier molecular flexibility index (Phi) is 4.57. The maximum absolute atomic E-state index is 6.05. The molecule has 0 aliphatic carbocycles. The first-order chi connectivity index (χ1) is 10.6. The van der Waals surface area contributed by atoms with Crippen LogP contribution in [0.2, 0.25) is 5.28 Å². The first kappa shape index (κ1) is 15.2. The second-order valence-electron chi connectivity index (χ2n) is 5.27. The third-order valence-corrected chi connectivity index (χ3v) is 4.38.